The smallest absolute Gasteiger partial charge is 0.195 e. The Morgan fingerprint density at radius 3 is 2.22 bits per heavy atom. The van der Waals surface area contributed by atoms with Crippen molar-refractivity contribution in [1.29, 1.82) is 5.26 Å². The van der Waals surface area contributed by atoms with E-state index in [-0.39, 0.29) is 4.90 Å². The molecular formula is C12H14BrNO3S. The zero-order valence-electron chi connectivity index (χ0n) is 10.7. The topological polar surface area (TPSA) is 67.2 Å². The third-order valence-corrected chi connectivity index (χ3v) is 5.69. The highest BCUT2D eigenvalue weighted by atomic mass is 79.9. The minimum atomic E-state index is -3.66. The van der Waals surface area contributed by atoms with Crippen molar-refractivity contribution < 1.29 is 13.2 Å². The standard InChI is InChI=1S/C12H14BrNO3S/c1-7-8(2)11(17-4)12(9(3)10(7)13)18(15,16)6-5-14/h6H2,1-4H3. The average molecular weight is 332 g/mol. The van der Waals surface area contributed by atoms with Crippen molar-refractivity contribution in [3.8, 4) is 11.8 Å². The van der Waals surface area contributed by atoms with Crippen LogP contribution in [0, 0.1) is 32.1 Å². The Kier molecular flexibility index (Phi) is 4.41. The summed E-state index contributed by atoms with van der Waals surface area (Å²) in [4.78, 5) is 0.0986. The van der Waals surface area contributed by atoms with Gasteiger partial charge in [-0.1, -0.05) is 15.9 Å². The molecule has 0 aliphatic heterocycles. The van der Waals surface area contributed by atoms with Gasteiger partial charge in [-0.25, -0.2) is 8.42 Å². The number of ether oxygens (including phenoxy) is 1. The van der Waals surface area contributed by atoms with E-state index in [2.05, 4.69) is 15.9 Å². The summed E-state index contributed by atoms with van der Waals surface area (Å²) < 4.78 is 30.2. The normalized spacial score (nSPS) is 11.1. The van der Waals surface area contributed by atoms with E-state index in [9.17, 15) is 8.42 Å². The molecule has 0 saturated heterocycles. The number of halogens is 1. The van der Waals surface area contributed by atoms with Crippen LogP contribution in [-0.4, -0.2) is 21.3 Å². The molecule has 18 heavy (non-hydrogen) atoms. The summed E-state index contributed by atoms with van der Waals surface area (Å²) in [5.74, 6) is -0.234. The van der Waals surface area contributed by atoms with Crippen LogP contribution in [0.5, 0.6) is 5.75 Å². The molecule has 0 heterocycles. The Bertz CT molecular complexity index is 630. The molecule has 0 bridgehead atoms. The molecule has 0 aromatic heterocycles. The molecule has 0 N–H and O–H groups in total. The van der Waals surface area contributed by atoms with Gasteiger partial charge in [-0.2, -0.15) is 5.26 Å². The minimum absolute atomic E-state index is 0.0986. The van der Waals surface area contributed by atoms with Crippen LogP contribution in [0.2, 0.25) is 0 Å². The van der Waals surface area contributed by atoms with Crippen LogP contribution < -0.4 is 4.74 Å². The Morgan fingerprint density at radius 2 is 1.78 bits per heavy atom. The van der Waals surface area contributed by atoms with Crippen LogP contribution in [-0.2, 0) is 9.84 Å². The number of hydrogen-bond donors (Lipinski definition) is 0. The highest BCUT2D eigenvalue weighted by molar-refractivity contribution is 9.10. The molecule has 1 aromatic rings. The van der Waals surface area contributed by atoms with Crippen molar-refractivity contribution in [3.63, 3.8) is 0 Å². The first-order valence-corrected chi connectivity index (χ1v) is 7.65. The van der Waals surface area contributed by atoms with Crippen molar-refractivity contribution in [2.24, 2.45) is 0 Å². The van der Waals surface area contributed by atoms with E-state index < -0.39 is 15.6 Å². The molecule has 0 fully saturated rings. The van der Waals surface area contributed by atoms with E-state index in [0.717, 1.165) is 15.6 Å². The molecule has 0 unspecified atom stereocenters. The van der Waals surface area contributed by atoms with Crippen LogP contribution >= 0.6 is 15.9 Å². The second-order valence-corrected chi connectivity index (χ2v) is 6.69. The number of sulfone groups is 1. The van der Waals surface area contributed by atoms with Gasteiger partial charge in [0.25, 0.3) is 0 Å². The molecule has 0 saturated carbocycles. The predicted molar refractivity (Wildman–Crippen MR) is 72.6 cm³/mol. The summed E-state index contributed by atoms with van der Waals surface area (Å²) in [6.45, 7) is 5.38. The van der Waals surface area contributed by atoms with Gasteiger partial charge in [-0.15, -0.1) is 0 Å². The van der Waals surface area contributed by atoms with Gasteiger partial charge in [0.05, 0.1) is 13.2 Å². The van der Waals surface area contributed by atoms with E-state index >= 15 is 0 Å². The maximum atomic E-state index is 12.1. The molecule has 0 aliphatic rings. The zero-order valence-corrected chi connectivity index (χ0v) is 13.1. The largest absolute Gasteiger partial charge is 0.495 e. The fourth-order valence-electron chi connectivity index (χ4n) is 1.83. The van der Waals surface area contributed by atoms with Crippen molar-refractivity contribution in [1.82, 2.24) is 0 Å². The first kappa shape index (κ1) is 15.0. The maximum absolute atomic E-state index is 12.1. The Hall–Kier alpha value is -1.06. The Balaban J connectivity index is 3.80. The second kappa shape index (κ2) is 5.29. The molecule has 0 aliphatic carbocycles. The van der Waals surface area contributed by atoms with Crippen LogP contribution in [0.3, 0.4) is 0 Å². The molecule has 0 spiro atoms. The first-order valence-electron chi connectivity index (χ1n) is 5.20. The summed E-state index contributed by atoms with van der Waals surface area (Å²) in [6, 6.07) is 1.68. The van der Waals surface area contributed by atoms with E-state index in [1.807, 2.05) is 6.92 Å². The highest BCUT2D eigenvalue weighted by Gasteiger charge is 2.26. The molecule has 0 amide bonds. The van der Waals surface area contributed by atoms with E-state index in [0.29, 0.717) is 11.3 Å². The van der Waals surface area contributed by atoms with Gasteiger partial charge >= 0.3 is 0 Å². The fourth-order valence-corrected chi connectivity index (χ4v) is 3.86. The summed E-state index contributed by atoms with van der Waals surface area (Å²) in [6.07, 6.45) is 0. The number of nitriles is 1. The van der Waals surface area contributed by atoms with Crippen LogP contribution in [0.4, 0.5) is 0 Å². The van der Waals surface area contributed by atoms with Gasteiger partial charge in [-0.05, 0) is 37.5 Å². The molecule has 98 valence electrons. The molecule has 6 heteroatoms. The fraction of sp³-hybridized carbons (Fsp3) is 0.417. The predicted octanol–water partition coefficient (Wildman–Crippen LogP) is 2.68. The molecule has 0 atom stereocenters. The summed E-state index contributed by atoms with van der Waals surface area (Å²) in [5.41, 5.74) is 2.26. The number of methoxy groups -OCH3 is 1. The van der Waals surface area contributed by atoms with Crippen LogP contribution in [0.1, 0.15) is 16.7 Å². The quantitative estimate of drug-likeness (QED) is 0.853. The lowest BCUT2D eigenvalue weighted by Crippen LogP contribution is -2.11. The minimum Gasteiger partial charge on any atom is -0.495 e. The average Bonchev–Trinajstić information content (AvgIpc) is 2.30. The van der Waals surface area contributed by atoms with Crippen molar-refractivity contribution in [2.75, 3.05) is 12.9 Å². The van der Waals surface area contributed by atoms with Gasteiger partial charge in [0.2, 0.25) is 0 Å². The van der Waals surface area contributed by atoms with E-state index in [4.69, 9.17) is 10.00 Å². The lowest BCUT2D eigenvalue weighted by Gasteiger charge is -2.17. The SMILES string of the molecule is COc1c(C)c(C)c(Br)c(C)c1S(=O)(=O)CC#N. The number of nitrogens with zero attached hydrogens (tertiary/aromatic N) is 1. The van der Waals surface area contributed by atoms with Crippen molar-refractivity contribution in [2.45, 2.75) is 25.7 Å². The number of benzene rings is 1. The first-order chi connectivity index (χ1) is 8.27. The molecule has 4 nitrogen and oxygen atoms in total. The van der Waals surface area contributed by atoms with E-state index in [1.54, 1.807) is 19.9 Å². The number of hydrogen-bond acceptors (Lipinski definition) is 4. The zero-order chi connectivity index (χ0) is 14.1. The van der Waals surface area contributed by atoms with Gasteiger partial charge < -0.3 is 4.74 Å². The van der Waals surface area contributed by atoms with Gasteiger partial charge in [0, 0.05) is 4.47 Å². The van der Waals surface area contributed by atoms with Crippen LogP contribution in [0.25, 0.3) is 0 Å². The summed E-state index contributed by atoms with van der Waals surface area (Å²) >= 11 is 3.38. The lowest BCUT2D eigenvalue weighted by atomic mass is 10.1. The highest BCUT2D eigenvalue weighted by Crippen LogP contribution is 2.39. The Labute approximate surface area is 116 Å². The molecule has 1 rings (SSSR count). The van der Waals surface area contributed by atoms with E-state index in [1.165, 1.54) is 7.11 Å². The molecule has 1 aromatic carbocycles. The summed E-state index contributed by atoms with van der Waals surface area (Å²) in [7, 11) is -2.23. The summed E-state index contributed by atoms with van der Waals surface area (Å²) in [5, 5.41) is 8.63. The lowest BCUT2D eigenvalue weighted by molar-refractivity contribution is 0.398. The van der Waals surface area contributed by atoms with Crippen molar-refractivity contribution in [3.05, 3.63) is 21.2 Å². The second-order valence-electron chi connectivity index (χ2n) is 3.97. The molecular weight excluding hydrogens is 318 g/mol. The Morgan fingerprint density at radius 1 is 1.22 bits per heavy atom. The number of rotatable bonds is 3. The molecule has 0 radical (unpaired) electrons. The third kappa shape index (κ3) is 2.38. The van der Waals surface area contributed by atoms with Gasteiger partial charge in [-0.3, -0.25) is 0 Å². The van der Waals surface area contributed by atoms with Gasteiger partial charge in [0.1, 0.15) is 16.4 Å². The third-order valence-electron chi connectivity index (χ3n) is 2.88. The van der Waals surface area contributed by atoms with Gasteiger partial charge in [0.15, 0.2) is 9.84 Å². The van der Waals surface area contributed by atoms with Crippen LogP contribution in [0.15, 0.2) is 9.37 Å². The van der Waals surface area contributed by atoms with Crippen molar-refractivity contribution >= 4 is 25.8 Å². The monoisotopic (exact) mass is 331 g/mol. The maximum Gasteiger partial charge on any atom is 0.195 e.